The van der Waals surface area contributed by atoms with Gasteiger partial charge in [-0.15, -0.1) is 0 Å². The Hall–Kier alpha value is -1.10. The molecule has 0 saturated heterocycles. The summed E-state index contributed by atoms with van der Waals surface area (Å²) in [6.07, 6.45) is 3.84. The summed E-state index contributed by atoms with van der Waals surface area (Å²) >= 11 is 17.2. The maximum absolute atomic E-state index is 5.92. The third kappa shape index (κ3) is 2.83. The zero-order chi connectivity index (χ0) is 13.3. The Morgan fingerprint density at radius 1 is 1.28 bits per heavy atom. The van der Waals surface area contributed by atoms with Crippen LogP contribution in [0.3, 0.4) is 0 Å². The van der Waals surface area contributed by atoms with Crippen LogP contribution in [0.4, 0.5) is 5.69 Å². The standard InChI is InChI=1S/C12H11Cl2N3S/c1-16-3-4-17(2)12(16)11(18)15-10-6-8(13)5-9(14)7-10/h3-7H,1-2H3. The van der Waals surface area contributed by atoms with Gasteiger partial charge >= 0.3 is 0 Å². The molecule has 2 rings (SSSR count). The van der Waals surface area contributed by atoms with Crippen molar-refractivity contribution < 1.29 is 4.57 Å². The molecule has 0 spiro atoms. The molecule has 0 radical (unpaired) electrons. The molecule has 0 unspecified atom stereocenters. The summed E-state index contributed by atoms with van der Waals surface area (Å²) in [7, 11) is 3.84. The van der Waals surface area contributed by atoms with Crippen LogP contribution in [0, 0.1) is 0 Å². The molecule has 2 aromatic rings. The van der Waals surface area contributed by atoms with E-state index in [1.165, 1.54) is 0 Å². The molecular weight excluding hydrogens is 289 g/mol. The first-order chi connectivity index (χ1) is 8.47. The summed E-state index contributed by atoms with van der Waals surface area (Å²) in [5.74, 6) is 0.848. The van der Waals surface area contributed by atoms with E-state index in [0.29, 0.717) is 20.8 Å². The summed E-state index contributed by atoms with van der Waals surface area (Å²) < 4.78 is 3.83. The van der Waals surface area contributed by atoms with Crippen molar-refractivity contribution in [3.05, 3.63) is 46.5 Å². The second kappa shape index (κ2) is 5.26. The number of hydrogen-bond donors (Lipinski definition) is 0. The third-order valence-electron chi connectivity index (χ3n) is 2.45. The van der Waals surface area contributed by atoms with Crippen LogP contribution in [0.5, 0.6) is 0 Å². The van der Waals surface area contributed by atoms with E-state index in [9.17, 15) is 0 Å². The average molecular weight is 300 g/mol. The highest BCUT2D eigenvalue weighted by atomic mass is 35.5. The first kappa shape index (κ1) is 13.3. The fraction of sp³-hybridized carbons (Fsp3) is 0.167. The zero-order valence-corrected chi connectivity index (χ0v) is 12.2. The Bertz CT molecular complexity index is 580. The summed E-state index contributed by atoms with van der Waals surface area (Å²) in [4.78, 5) is 4.37. The van der Waals surface area contributed by atoms with Gasteiger partial charge in [-0.2, -0.15) is 0 Å². The minimum Gasteiger partial charge on any atom is -0.752 e. The smallest absolute Gasteiger partial charge is 0.279 e. The lowest BCUT2D eigenvalue weighted by molar-refractivity contribution is -0.671. The van der Waals surface area contributed by atoms with E-state index >= 15 is 0 Å². The molecule has 0 amide bonds. The van der Waals surface area contributed by atoms with Crippen LogP contribution >= 0.6 is 23.2 Å². The Morgan fingerprint density at radius 2 is 1.89 bits per heavy atom. The molecule has 0 fully saturated rings. The fourth-order valence-electron chi connectivity index (χ4n) is 1.66. The van der Waals surface area contributed by atoms with Crippen molar-refractivity contribution in [2.45, 2.75) is 0 Å². The fourth-order valence-corrected chi connectivity index (χ4v) is 2.57. The molecule has 94 valence electrons. The van der Waals surface area contributed by atoms with Crippen LogP contribution in [-0.4, -0.2) is 9.61 Å². The predicted octanol–water partition coefficient (Wildman–Crippen LogP) is 2.78. The maximum Gasteiger partial charge on any atom is 0.279 e. The van der Waals surface area contributed by atoms with Crippen LogP contribution in [0.1, 0.15) is 5.82 Å². The van der Waals surface area contributed by atoms with Gasteiger partial charge < -0.3 is 12.6 Å². The van der Waals surface area contributed by atoms with E-state index in [0.717, 1.165) is 5.82 Å². The molecule has 0 aliphatic heterocycles. The molecule has 0 saturated carbocycles. The first-order valence-corrected chi connectivity index (χ1v) is 6.37. The summed E-state index contributed by atoms with van der Waals surface area (Å²) in [6, 6.07) is 5.11. The average Bonchev–Trinajstić information content (AvgIpc) is 2.56. The number of aromatic nitrogens is 2. The molecular formula is C12H11Cl2N3S. The largest absolute Gasteiger partial charge is 0.752 e. The minimum absolute atomic E-state index is 0.489. The predicted molar refractivity (Wildman–Crippen MR) is 76.6 cm³/mol. The lowest BCUT2D eigenvalue weighted by Crippen LogP contribution is -2.34. The van der Waals surface area contributed by atoms with E-state index in [2.05, 4.69) is 4.99 Å². The lowest BCUT2D eigenvalue weighted by atomic mass is 10.3. The van der Waals surface area contributed by atoms with Gasteiger partial charge in [-0.25, -0.2) is 9.13 Å². The maximum atomic E-state index is 5.92. The molecule has 1 aromatic heterocycles. The molecule has 0 aliphatic carbocycles. The van der Waals surface area contributed by atoms with Gasteiger partial charge in [0.15, 0.2) is 0 Å². The Morgan fingerprint density at radius 3 is 2.39 bits per heavy atom. The third-order valence-corrected chi connectivity index (χ3v) is 3.16. The lowest BCUT2D eigenvalue weighted by Gasteiger charge is -2.08. The van der Waals surface area contributed by atoms with Gasteiger partial charge in [-0.3, -0.25) is 4.99 Å². The van der Waals surface area contributed by atoms with Gasteiger partial charge in [-0.05, 0) is 18.2 Å². The van der Waals surface area contributed by atoms with Gasteiger partial charge in [0.05, 0.1) is 19.8 Å². The van der Waals surface area contributed by atoms with Crippen LogP contribution in [0.2, 0.25) is 10.0 Å². The minimum atomic E-state index is 0.489. The van der Waals surface area contributed by atoms with E-state index in [-0.39, 0.29) is 0 Å². The zero-order valence-electron chi connectivity index (χ0n) is 9.89. The Balaban J connectivity index is 2.44. The molecule has 1 heterocycles. The van der Waals surface area contributed by atoms with Crippen molar-refractivity contribution in [3.8, 4) is 0 Å². The summed E-state index contributed by atoms with van der Waals surface area (Å²) in [6.45, 7) is 0. The van der Waals surface area contributed by atoms with Crippen molar-refractivity contribution in [3.63, 3.8) is 0 Å². The van der Waals surface area contributed by atoms with Crippen molar-refractivity contribution in [2.75, 3.05) is 0 Å². The number of aryl methyl sites for hydroxylation is 2. The molecule has 0 atom stereocenters. The first-order valence-electron chi connectivity index (χ1n) is 5.20. The number of halogens is 2. The van der Waals surface area contributed by atoms with Gasteiger partial charge in [0.2, 0.25) is 0 Å². The molecule has 6 heteroatoms. The Kier molecular flexibility index (Phi) is 3.90. The van der Waals surface area contributed by atoms with Gasteiger partial charge in [0, 0.05) is 15.1 Å². The Labute approximate surface area is 121 Å². The van der Waals surface area contributed by atoms with Crippen LogP contribution < -0.4 is 4.57 Å². The topological polar surface area (TPSA) is 21.2 Å². The van der Waals surface area contributed by atoms with E-state index in [1.807, 2.05) is 35.6 Å². The highest BCUT2D eigenvalue weighted by molar-refractivity contribution is 7.78. The van der Waals surface area contributed by atoms with Gasteiger partial charge in [-0.1, -0.05) is 23.2 Å². The van der Waals surface area contributed by atoms with Crippen LogP contribution in [0.15, 0.2) is 35.6 Å². The number of imidazole rings is 1. The summed E-state index contributed by atoms with van der Waals surface area (Å²) in [5, 5.41) is 1.57. The number of nitrogens with zero attached hydrogens (tertiary/aromatic N) is 3. The molecule has 0 aliphatic rings. The molecule has 0 N–H and O–H groups in total. The van der Waals surface area contributed by atoms with Crippen LogP contribution in [0.25, 0.3) is 0 Å². The highest BCUT2D eigenvalue weighted by Gasteiger charge is 2.10. The van der Waals surface area contributed by atoms with Crippen molar-refractivity contribution in [1.29, 1.82) is 0 Å². The number of aliphatic imine (C=N–C) groups is 1. The summed E-state index contributed by atoms with van der Waals surface area (Å²) in [5.41, 5.74) is 0.652. The number of benzene rings is 1. The van der Waals surface area contributed by atoms with E-state index < -0.39 is 0 Å². The number of rotatable bonds is 2. The quantitative estimate of drug-likeness (QED) is 0.362. The van der Waals surface area contributed by atoms with Crippen molar-refractivity contribution in [2.24, 2.45) is 19.1 Å². The van der Waals surface area contributed by atoms with E-state index in [4.69, 9.17) is 35.8 Å². The van der Waals surface area contributed by atoms with Crippen LogP contribution in [-0.2, 0) is 26.7 Å². The second-order valence-electron chi connectivity index (χ2n) is 3.89. The molecule has 1 aromatic carbocycles. The molecule has 3 nitrogen and oxygen atoms in total. The molecule has 18 heavy (non-hydrogen) atoms. The van der Waals surface area contributed by atoms with E-state index in [1.54, 1.807) is 18.2 Å². The monoisotopic (exact) mass is 299 g/mol. The normalized spacial score (nSPS) is 11.9. The van der Waals surface area contributed by atoms with Crippen molar-refractivity contribution >= 4 is 46.6 Å². The molecule has 0 bridgehead atoms. The SMILES string of the molecule is Cn1cc[n+](C)c1C([S-])=Nc1cc(Cl)cc(Cl)c1. The van der Waals surface area contributed by atoms with Gasteiger partial charge in [0.1, 0.15) is 12.4 Å². The highest BCUT2D eigenvalue weighted by Crippen LogP contribution is 2.24. The number of hydrogen-bond acceptors (Lipinski definition) is 2. The van der Waals surface area contributed by atoms with Crippen molar-refractivity contribution in [1.82, 2.24) is 4.57 Å². The second-order valence-corrected chi connectivity index (χ2v) is 5.15. The van der Waals surface area contributed by atoms with Gasteiger partial charge in [0.25, 0.3) is 5.82 Å².